The third kappa shape index (κ3) is 2.84. The highest BCUT2D eigenvalue weighted by atomic mass is 16.5. The van der Waals surface area contributed by atoms with Gasteiger partial charge in [-0.1, -0.05) is 17.7 Å². The van der Waals surface area contributed by atoms with Gasteiger partial charge in [-0.3, -0.25) is 0 Å². The van der Waals surface area contributed by atoms with Crippen LogP contribution in [-0.2, 0) is 7.05 Å². The summed E-state index contributed by atoms with van der Waals surface area (Å²) in [6.45, 7) is 2.09. The van der Waals surface area contributed by atoms with E-state index in [2.05, 4.69) is 60.2 Å². The van der Waals surface area contributed by atoms with Crippen LogP contribution in [0.1, 0.15) is 5.56 Å². The van der Waals surface area contributed by atoms with E-state index in [1.165, 1.54) is 5.56 Å². The van der Waals surface area contributed by atoms with Crippen LogP contribution in [0.3, 0.4) is 0 Å². The quantitative estimate of drug-likeness (QED) is 0.678. The smallest absolute Gasteiger partial charge is 0.217 e. The minimum absolute atomic E-state index is 0.858. The average Bonchev–Trinajstić information content (AvgIpc) is 2.56. The first-order chi connectivity index (χ1) is 10.7. The van der Waals surface area contributed by atoms with E-state index in [4.69, 9.17) is 4.74 Å². The van der Waals surface area contributed by atoms with E-state index in [0.717, 1.165) is 22.6 Å². The lowest BCUT2D eigenvalue weighted by Crippen LogP contribution is -2.29. The van der Waals surface area contributed by atoms with Gasteiger partial charge in [0.1, 0.15) is 7.05 Å². The van der Waals surface area contributed by atoms with Crippen LogP contribution in [0.2, 0.25) is 0 Å². The Morgan fingerprint density at radius 1 is 0.864 bits per heavy atom. The molecule has 22 heavy (non-hydrogen) atoms. The second-order valence-corrected chi connectivity index (χ2v) is 5.42. The number of aromatic nitrogens is 2. The van der Waals surface area contributed by atoms with Gasteiger partial charge in [-0.2, -0.15) is 4.57 Å². The third-order valence-corrected chi connectivity index (χ3v) is 3.77. The number of ether oxygens (including phenoxy) is 1. The second-order valence-electron chi connectivity index (χ2n) is 5.42. The maximum absolute atomic E-state index is 5.59. The molecule has 3 rings (SSSR count). The molecule has 0 atom stereocenters. The van der Waals surface area contributed by atoms with E-state index in [1.54, 1.807) is 7.11 Å². The number of hydrogen-bond acceptors (Lipinski definition) is 1. The van der Waals surface area contributed by atoms with Gasteiger partial charge >= 0.3 is 0 Å². The minimum Gasteiger partial charge on any atom is -0.490 e. The highest BCUT2D eigenvalue weighted by Gasteiger charge is 2.14. The van der Waals surface area contributed by atoms with E-state index < -0.39 is 0 Å². The van der Waals surface area contributed by atoms with Crippen LogP contribution in [0.15, 0.2) is 67.3 Å². The number of aryl methyl sites for hydroxylation is 2. The van der Waals surface area contributed by atoms with Crippen molar-refractivity contribution in [3.63, 3.8) is 0 Å². The summed E-state index contributed by atoms with van der Waals surface area (Å²) in [5, 5.41) is 0. The van der Waals surface area contributed by atoms with Crippen molar-refractivity contribution in [1.82, 2.24) is 0 Å². The number of pyridine rings is 2. The first-order valence-electron chi connectivity index (χ1n) is 7.29. The molecule has 0 radical (unpaired) electrons. The lowest BCUT2D eigenvalue weighted by Gasteiger charge is -2.07. The Labute approximate surface area is 131 Å². The van der Waals surface area contributed by atoms with Gasteiger partial charge < -0.3 is 4.74 Å². The molecule has 0 bridgehead atoms. The number of rotatable bonds is 3. The molecule has 0 aliphatic rings. The van der Waals surface area contributed by atoms with Crippen LogP contribution in [-0.4, -0.2) is 7.11 Å². The standard InChI is InChI=1S/C19H20N2O/c1-15-4-6-17(7-5-15)21-13-10-18(19(14-21)22-3)16-8-11-20(2)12-9-16/h4-14H,1-3H3/q+2. The SMILES string of the molecule is COc1c[n+](-c2ccc(C)cc2)ccc1-c1cc[n+](C)cc1. The van der Waals surface area contributed by atoms with E-state index in [1.807, 2.05) is 30.2 Å². The molecule has 0 N–H and O–H groups in total. The number of methoxy groups -OCH3 is 1. The van der Waals surface area contributed by atoms with E-state index in [9.17, 15) is 0 Å². The first kappa shape index (κ1) is 14.3. The molecule has 1 aromatic carbocycles. The topological polar surface area (TPSA) is 17.0 Å². The van der Waals surface area contributed by atoms with Gasteiger partial charge in [0.25, 0.3) is 0 Å². The van der Waals surface area contributed by atoms with Gasteiger partial charge in [0, 0.05) is 35.9 Å². The summed E-state index contributed by atoms with van der Waals surface area (Å²) < 4.78 is 9.68. The summed E-state index contributed by atoms with van der Waals surface area (Å²) in [7, 11) is 3.72. The molecule has 0 unspecified atom stereocenters. The van der Waals surface area contributed by atoms with Crippen molar-refractivity contribution in [2.75, 3.05) is 7.11 Å². The van der Waals surface area contributed by atoms with Gasteiger partial charge in [-0.25, -0.2) is 4.57 Å². The van der Waals surface area contributed by atoms with Gasteiger partial charge in [0.05, 0.1) is 7.11 Å². The van der Waals surface area contributed by atoms with Crippen LogP contribution < -0.4 is 13.9 Å². The maximum Gasteiger partial charge on any atom is 0.217 e. The third-order valence-electron chi connectivity index (χ3n) is 3.77. The van der Waals surface area contributed by atoms with Gasteiger partial charge in [-0.15, -0.1) is 0 Å². The predicted molar refractivity (Wildman–Crippen MR) is 85.9 cm³/mol. The van der Waals surface area contributed by atoms with Crippen LogP contribution in [0.25, 0.3) is 16.8 Å². The van der Waals surface area contributed by atoms with Crippen molar-refractivity contribution in [2.24, 2.45) is 7.05 Å². The van der Waals surface area contributed by atoms with Crippen molar-refractivity contribution in [2.45, 2.75) is 6.92 Å². The molecule has 0 amide bonds. The zero-order valence-electron chi connectivity index (χ0n) is 13.2. The van der Waals surface area contributed by atoms with Crippen LogP contribution in [0.5, 0.6) is 5.75 Å². The van der Waals surface area contributed by atoms with Crippen molar-refractivity contribution >= 4 is 0 Å². The molecule has 3 heteroatoms. The normalized spacial score (nSPS) is 10.5. The molecule has 0 aliphatic carbocycles. The maximum atomic E-state index is 5.59. The molecule has 3 nitrogen and oxygen atoms in total. The molecule has 110 valence electrons. The Morgan fingerprint density at radius 3 is 2.18 bits per heavy atom. The zero-order valence-corrected chi connectivity index (χ0v) is 13.2. The Balaban J connectivity index is 2.04. The molecule has 2 heterocycles. The fourth-order valence-corrected chi connectivity index (χ4v) is 2.44. The Bertz CT molecular complexity index is 778. The summed E-state index contributed by atoms with van der Waals surface area (Å²) in [5.74, 6) is 0.858. The summed E-state index contributed by atoms with van der Waals surface area (Å²) in [6, 6.07) is 14.7. The zero-order chi connectivity index (χ0) is 15.5. The van der Waals surface area contributed by atoms with Crippen molar-refractivity contribution in [3.05, 3.63) is 72.8 Å². The lowest BCUT2D eigenvalue weighted by molar-refractivity contribution is -0.671. The van der Waals surface area contributed by atoms with Gasteiger partial charge in [0.2, 0.25) is 11.9 Å². The summed E-state index contributed by atoms with van der Waals surface area (Å²) in [4.78, 5) is 0. The summed E-state index contributed by atoms with van der Waals surface area (Å²) in [6.07, 6.45) is 8.16. The fourth-order valence-electron chi connectivity index (χ4n) is 2.44. The number of nitrogens with zero attached hydrogens (tertiary/aromatic N) is 2. The summed E-state index contributed by atoms with van der Waals surface area (Å²) >= 11 is 0. The van der Waals surface area contributed by atoms with E-state index in [-0.39, 0.29) is 0 Å². The van der Waals surface area contributed by atoms with Gasteiger partial charge in [-0.05, 0) is 12.5 Å². The molecular formula is C19H20N2O+2. The van der Waals surface area contributed by atoms with Crippen LogP contribution >= 0.6 is 0 Å². The Morgan fingerprint density at radius 2 is 1.55 bits per heavy atom. The van der Waals surface area contributed by atoms with Crippen molar-refractivity contribution < 1.29 is 13.9 Å². The van der Waals surface area contributed by atoms with E-state index in [0.29, 0.717) is 0 Å². The monoisotopic (exact) mass is 292 g/mol. The number of hydrogen-bond donors (Lipinski definition) is 0. The number of benzene rings is 1. The lowest BCUT2D eigenvalue weighted by atomic mass is 10.1. The minimum atomic E-state index is 0.858. The Kier molecular flexibility index (Phi) is 3.88. The second kappa shape index (κ2) is 5.98. The van der Waals surface area contributed by atoms with Crippen molar-refractivity contribution in [1.29, 1.82) is 0 Å². The van der Waals surface area contributed by atoms with Gasteiger partial charge in [0.15, 0.2) is 24.3 Å². The molecule has 0 spiro atoms. The average molecular weight is 292 g/mol. The molecule has 0 saturated carbocycles. The van der Waals surface area contributed by atoms with Crippen molar-refractivity contribution in [3.8, 4) is 22.6 Å². The molecule has 0 fully saturated rings. The molecule has 0 aliphatic heterocycles. The summed E-state index contributed by atoms with van der Waals surface area (Å²) in [5.41, 5.74) is 4.61. The molecule has 3 aromatic rings. The molecular weight excluding hydrogens is 272 g/mol. The molecule has 2 aromatic heterocycles. The molecule has 0 saturated heterocycles. The highest BCUT2D eigenvalue weighted by molar-refractivity contribution is 5.68. The Hall–Kier alpha value is -2.68. The predicted octanol–water partition coefficient (Wildman–Crippen LogP) is 2.77. The van der Waals surface area contributed by atoms with E-state index >= 15 is 0 Å². The fraction of sp³-hybridized carbons (Fsp3) is 0.158. The first-order valence-corrected chi connectivity index (χ1v) is 7.29. The van der Waals surface area contributed by atoms with Crippen LogP contribution in [0.4, 0.5) is 0 Å². The largest absolute Gasteiger partial charge is 0.490 e. The van der Waals surface area contributed by atoms with Crippen LogP contribution in [0, 0.1) is 6.92 Å². The highest BCUT2D eigenvalue weighted by Crippen LogP contribution is 2.27.